The van der Waals surface area contributed by atoms with Crippen LogP contribution in [0, 0.1) is 17.3 Å². The Balaban J connectivity index is 1.58. The van der Waals surface area contributed by atoms with Crippen LogP contribution in [0.15, 0.2) is 24.3 Å². The molecule has 2 bridgehead atoms. The summed E-state index contributed by atoms with van der Waals surface area (Å²) in [6.07, 6.45) is 2.23. The number of carbonyl (C=O) groups excluding carboxylic acids is 3. The molecule has 5 unspecified atom stereocenters. The minimum absolute atomic E-state index is 0.0662. The van der Waals surface area contributed by atoms with E-state index in [4.69, 9.17) is 19.8 Å². The molecule has 5 rings (SSSR count). The molecule has 3 aliphatic carbocycles. The summed E-state index contributed by atoms with van der Waals surface area (Å²) >= 11 is 0. The van der Waals surface area contributed by atoms with Crippen LogP contribution in [-0.4, -0.2) is 54.8 Å². The second kappa shape index (κ2) is 9.37. The molecule has 0 radical (unpaired) electrons. The molecule has 4 N–H and O–H groups in total. The second-order valence-corrected chi connectivity index (χ2v) is 12.1. The van der Waals surface area contributed by atoms with Gasteiger partial charge in [-0.3, -0.25) is 4.79 Å². The van der Waals surface area contributed by atoms with Gasteiger partial charge in [0.25, 0.3) is 0 Å². The molecule has 0 spiro atoms. The highest BCUT2D eigenvalue weighted by molar-refractivity contribution is 6.48. The number of ether oxygens (including phenoxy) is 1. The zero-order valence-electron chi connectivity index (χ0n) is 22.1. The average Bonchev–Trinajstić information content (AvgIpc) is 3.13. The lowest BCUT2D eigenvalue weighted by atomic mass is 9.43. The summed E-state index contributed by atoms with van der Waals surface area (Å²) < 4.78 is 18.7. The Labute approximate surface area is 213 Å². The van der Waals surface area contributed by atoms with Gasteiger partial charge in [0.2, 0.25) is 5.91 Å². The Morgan fingerprint density at radius 3 is 2.53 bits per heavy atom. The van der Waals surface area contributed by atoms with Gasteiger partial charge in [-0.2, -0.15) is 0 Å². The van der Waals surface area contributed by atoms with Crippen LogP contribution in [0.2, 0.25) is 0 Å². The summed E-state index contributed by atoms with van der Waals surface area (Å²) in [6, 6.07) is 6.38. The summed E-state index contributed by atoms with van der Waals surface area (Å²) in [4.78, 5) is 36.7. The Bertz CT molecular complexity index is 1040. The van der Waals surface area contributed by atoms with E-state index in [2.05, 4.69) is 31.4 Å². The van der Waals surface area contributed by atoms with Crippen molar-refractivity contribution < 1.29 is 28.4 Å². The maximum Gasteiger partial charge on any atom is 0.482 e. The SMILES string of the molecule is CC(C)(C)OC(=O)c1ccccc1CC(NC(=O)CNC(N)=O)B1OC2CC3CC(C3(C)C)C2(C)O1. The fraction of sp³-hybridized carbons (Fsp3) is 0.654. The highest BCUT2D eigenvalue weighted by Crippen LogP contribution is 2.65. The van der Waals surface area contributed by atoms with Crippen molar-refractivity contribution >= 4 is 25.0 Å². The fourth-order valence-corrected chi connectivity index (χ4v) is 6.18. The van der Waals surface area contributed by atoms with E-state index in [9.17, 15) is 14.4 Å². The third-order valence-corrected chi connectivity index (χ3v) is 8.14. The van der Waals surface area contributed by atoms with Crippen LogP contribution in [0.3, 0.4) is 0 Å². The van der Waals surface area contributed by atoms with E-state index >= 15 is 0 Å². The molecule has 36 heavy (non-hydrogen) atoms. The molecule has 1 saturated heterocycles. The third kappa shape index (κ3) is 5.11. The van der Waals surface area contributed by atoms with Crippen molar-refractivity contribution in [3.05, 3.63) is 35.4 Å². The topological polar surface area (TPSA) is 129 Å². The molecular formula is C26H38BN3O6. The van der Waals surface area contributed by atoms with Crippen molar-refractivity contribution in [2.45, 2.75) is 84.1 Å². The van der Waals surface area contributed by atoms with Gasteiger partial charge in [-0.15, -0.1) is 0 Å². The first kappa shape index (κ1) is 26.5. The Morgan fingerprint density at radius 2 is 1.89 bits per heavy atom. The van der Waals surface area contributed by atoms with Gasteiger partial charge >= 0.3 is 19.1 Å². The molecular weight excluding hydrogens is 461 g/mol. The third-order valence-electron chi connectivity index (χ3n) is 8.14. The van der Waals surface area contributed by atoms with Crippen LogP contribution in [0.5, 0.6) is 0 Å². The molecule has 9 nitrogen and oxygen atoms in total. The van der Waals surface area contributed by atoms with Gasteiger partial charge in [0.05, 0.1) is 29.8 Å². The van der Waals surface area contributed by atoms with E-state index in [1.54, 1.807) is 12.1 Å². The van der Waals surface area contributed by atoms with Gasteiger partial charge in [-0.25, -0.2) is 9.59 Å². The number of urea groups is 1. The molecule has 3 saturated carbocycles. The Hall–Kier alpha value is -2.59. The first-order valence-corrected chi connectivity index (χ1v) is 12.7. The van der Waals surface area contributed by atoms with Crippen molar-refractivity contribution in [1.29, 1.82) is 0 Å². The predicted molar refractivity (Wildman–Crippen MR) is 135 cm³/mol. The monoisotopic (exact) mass is 499 g/mol. The molecule has 10 heteroatoms. The molecule has 1 aromatic rings. The number of hydrogen-bond acceptors (Lipinski definition) is 6. The fourth-order valence-electron chi connectivity index (χ4n) is 6.18. The van der Waals surface area contributed by atoms with Crippen molar-refractivity contribution in [2.24, 2.45) is 23.0 Å². The van der Waals surface area contributed by atoms with Crippen molar-refractivity contribution in [1.82, 2.24) is 10.6 Å². The lowest BCUT2D eigenvalue weighted by molar-refractivity contribution is -0.199. The number of rotatable bonds is 7. The number of primary amides is 1. The standard InChI is InChI=1S/C26H38BN3O6/c1-24(2,3)34-22(32)17-10-8-7-9-15(17)11-20(30-21(31)14-29-23(28)33)27-35-19-13-16-12-18(25(16,4)5)26(19,6)36-27/h7-10,16,18-20H,11-14H2,1-6H3,(H,30,31)(H3,28,29,33). The lowest BCUT2D eigenvalue weighted by Gasteiger charge is -2.64. The zero-order chi connectivity index (χ0) is 26.5. The summed E-state index contributed by atoms with van der Waals surface area (Å²) in [5, 5.41) is 5.26. The van der Waals surface area contributed by atoms with E-state index in [1.165, 1.54) is 0 Å². The summed E-state index contributed by atoms with van der Waals surface area (Å²) in [7, 11) is -0.709. The highest BCUT2D eigenvalue weighted by Gasteiger charge is 2.68. The van der Waals surface area contributed by atoms with E-state index < -0.39 is 42.2 Å². The smallest absolute Gasteiger partial charge is 0.456 e. The summed E-state index contributed by atoms with van der Waals surface area (Å²) in [6.45, 7) is 11.9. The predicted octanol–water partition coefficient (Wildman–Crippen LogP) is 2.61. The van der Waals surface area contributed by atoms with Gasteiger partial charge in [-0.1, -0.05) is 32.0 Å². The molecule has 0 aromatic heterocycles. The minimum atomic E-state index is -0.786. The number of carbonyl (C=O) groups is 3. The largest absolute Gasteiger partial charge is 0.482 e. The first-order valence-electron chi connectivity index (χ1n) is 12.7. The van der Waals surface area contributed by atoms with Crippen LogP contribution in [0.4, 0.5) is 4.79 Å². The number of benzene rings is 1. The van der Waals surface area contributed by atoms with Crippen LogP contribution in [-0.2, 0) is 25.3 Å². The van der Waals surface area contributed by atoms with E-state index in [0.717, 1.165) is 12.8 Å². The van der Waals surface area contributed by atoms with Crippen LogP contribution < -0.4 is 16.4 Å². The molecule has 4 aliphatic rings. The Morgan fingerprint density at radius 1 is 1.19 bits per heavy atom. The molecule has 1 heterocycles. The number of esters is 1. The molecule has 196 valence electrons. The number of hydrogen-bond donors (Lipinski definition) is 3. The van der Waals surface area contributed by atoms with E-state index in [0.29, 0.717) is 23.0 Å². The van der Waals surface area contributed by atoms with E-state index in [-0.39, 0.29) is 24.5 Å². The average molecular weight is 499 g/mol. The molecule has 1 aromatic carbocycles. The van der Waals surface area contributed by atoms with Gasteiger partial charge in [0, 0.05) is 0 Å². The zero-order valence-corrected chi connectivity index (χ0v) is 22.1. The molecule has 1 aliphatic heterocycles. The number of nitrogens with two attached hydrogens (primary N) is 1. The maximum atomic E-state index is 12.9. The normalized spacial score (nSPS) is 28.9. The van der Waals surface area contributed by atoms with Gasteiger partial charge in [-0.05, 0) is 75.8 Å². The summed E-state index contributed by atoms with van der Waals surface area (Å²) in [5.41, 5.74) is 5.34. The van der Waals surface area contributed by atoms with Crippen LogP contribution in [0.1, 0.15) is 70.3 Å². The van der Waals surface area contributed by atoms with Crippen LogP contribution in [0.25, 0.3) is 0 Å². The highest BCUT2D eigenvalue weighted by atomic mass is 16.7. The lowest BCUT2D eigenvalue weighted by Crippen LogP contribution is -2.65. The van der Waals surface area contributed by atoms with Gasteiger partial charge < -0.3 is 30.4 Å². The van der Waals surface area contributed by atoms with E-state index in [1.807, 2.05) is 32.9 Å². The maximum absolute atomic E-state index is 12.9. The minimum Gasteiger partial charge on any atom is -0.456 e. The molecule has 3 amide bonds. The molecule has 5 atom stereocenters. The summed E-state index contributed by atoms with van der Waals surface area (Å²) in [5.74, 6) is -0.511. The quantitative estimate of drug-likeness (QED) is 0.391. The van der Waals surface area contributed by atoms with Gasteiger partial charge in [0.15, 0.2) is 0 Å². The van der Waals surface area contributed by atoms with Crippen molar-refractivity contribution in [2.75, 3.05) is 6.54 Å². The van der Waals surface area contributed by atoms with Crippen LogP contribution >= 0.6 is 0 Å². The first-order chi connectivity index (χ1) is 16.7. The Kier molecular flexibility index (Phi) is 6.90. The van der Waals surface area contributed by atoms with Gasteiger partial charge in [0.1, 0.15) is 5.60 Å². The second-order valence-electron chi connectivity index (χ2n) is 12.1. The number of amides is 3. The van der Waals surface area contributed by atoms with Crippen molar-refractivity contribution in [3.8, 4) is 0 Å². The van der Waals surface area contributed by atoms with Crippen molar-refractivity contribution in [3.63, 3.8) is 0 Å². The number of nitrogens with one attached hydrogen (secondary N) is 2. The molecule has 4 fully saturated rings.